The number of esters is 1. The second kappa shape index (κ2) is 15.1. The van der Waals surface area contributed by atoms with Crippen LogP contribution in [-0.4, -0.2) is 87.0 Å². The van der Waals surface area contributed by atoms with Crippen LogP contribution in [0.25, 0.3) is 44.2 Å². The molecule has 3 amide bonds. The van der Waals surface area contributed by atoms with Gasteiger partial charge >= 0.3 is 12.1 Å². The van der Waals surface area contributed by atoms with E-state index in [2.05, 4.69) is 69.9 Å². The Bertz CT molecular complexity index is 2510. The predicted molar refractivity (Wildman–Crippen MR) is 227 cm³/mol. The number of carbonyl (C=O) groups excluding carboxylic acids is 4. The van der Waals surface area contributed by atoms with Crippen molar-refractivity contribution < 1.29 is 28.7 Å². The van der Waals surface area contributed by atoms with Crippen molar-refractivity contribution in [3.05, 3.63) is 72.4 Å². The molecule has 13 heteroatoms. The Balaban J connectivity index is 0.952. The normalized spacial score (nSPS) is 24.2. The number of hydrogen-bond donors (Lipinski definition) is 3. The number of nitrogens with one attached hydrogen (secondary N) is 3. The zero-order valence-electron chi connectivity index (χ0n) is 35.3. The minimum atomic E-state index is -0.689. The summed E-state index contributed by atoms with van der Waals surface area (Å²) in [7, 11) is 2.68. The Labute approximate surface area is 350 Å². The molecule has 0 spiro atoms. The van der Waals surface area contributed by atoms with E-state index in [1.807, 2.05) is 43.7 Å². The predicted octanol–water partition coefficient (Wildman–Crippen LogP) is 7.66. The highest BCUT2D eigenvalue weighted by atomic mass is 16.5. The Morgan fingerprint density at radius 1 is 0.767 bits per heavy atom. The monoisotopic (exact) mass is 813 g/mol. The van der Waals surface area contributed by atoms with Gasteiger partial charge < -0.3 is 34.6 Å². The highest BCUT2D eigenvalue weighted by Gasteiger charge is 2.58. The van der Waals surface area contributed by atoms with Crippen molar-refractivity contribution in [3.63, 3.8) is 0 Å². The number of imidazole rings is 2. The fraction of sp³-hybridized carbons (Fsp3) is 0.489. The van der Waals surface area contributed by atoms with E-state index in [4.69, 9.17) is 19.4 Å². The Morgan fingerprint density at radius 3 is 2.02 bits per heavy atom. The lowest BCUT2D eigenvalue weighted by atomic mass is 9.87. The molecule has 4 unspecified atom stereocenters. The molecule has 4 aliphatic rings. The van der Waals surface area contributed by atoms with Crippen molar-refractivity contribution in [1.29, 1.82) is 0 Å². The minimum absolute atomic E-state index is 0.00202. The molecule has 5 aromatic rings. The Morgan fingerprint density at radius 2 is 1.38 bits per heavy atom. The lowest BCUT2D eigenvalue weighted by molar-refractivity contribution is -0.151. The number of likely N-dealkylation sites (tertiary alicyclic amines) is 2. The van der Waals surface area contributed by atoms with Gasteiger partial charge in [-0.05, 0) is 108 Å². The lowest BCUT2D eigenvalue weighted by Crippen LogP contribution is -2.56. The second-order valence-corrected chi connectivity index (χ2v) is 18.4. The molecule has 60 heavy (non-hydrogen) atoms. The molecule has 2 saturated carbocycles. The molecule has 2 aromatic heterocycles. The van der Waals surface area contributed by atoms with E-state index in [0.29, 0.717) is 24.9 Å². The number of hydrogen-bond acceptors (Lipinski definition) is 8. The molecular weight excluding hydrogens is 759 g/mol. The largest absolute Gasteiger partial charge is 0.469 e. The summed E-state index contributed by atoms with van der Waals surface area (Å²) in [5.41, 5.74) is 4.78. The Kier molecular flexibility index (Phi) is 9.98. The van der Waals surface area contributed by atoms with Gasteiger partial charge in [-0.3, -0.25) is 14.4 Å². The van der Waals surface area contributed by atoms with Gasteiger partial charge in [0.1, 0.15) is 28.8 Å². The maximum Gasteiger partial charge on any atom is 0.407 e. The molecule has 2 aliphatic carbocycles. The van der Waals surface area contributed by atoms with Gasteiger partial charge in [0.2, 0.25) is 11.8 Å². The molecule has 314 valence electrons. The summed E-state index contributed by atoms with van der Waals surface area (Å²) in [6.07, 6.45) is 6.80. The summed E-state index contributed by atoms with van der Waals surface area (Å²) < 4.78 is 9.79. The van der Waals surface area contributed by atoms with Crippen LogP contribution in [0, 0.1) is 29.6 Å². The average Bonchev–Trinajstić information content (AvgIpc) is 4.12. The van der Waals surface area contributed by atoms with E-state index >= 15 is 0 Å². The lowest BCUT2D eigenvalue weighted by Gasteiger charge is -2.40. The zero-order chi connectivity index (χ0) is 42.1. The van der Waals surface area contributed by atoms with Gasteiger partial charge in [0, 0.05) is 18.7 Å². The van der Waals surface area contributed by atoms with Crippen molar-refractivity contribution in [1.82, 2.24) is 35.1 Å². The summed E-state index contributed by atoms with van der Waals surface area (Å²) in [6.45, 7) is 9.18. The summed E-state index contributed by atoms with van der Waals surface area (Å²) >= 11 is 0. The van der Waals surface area contributed by atoms with E-state index in [-0.39, 0.29) is 36.0 Å². The van der Waals surface area contributed by atoms with Crippen LogP contribution < -0.4 is 5.32 Å². The number of piperidine rings is 2. The number of benzene rings is 3. The van der Waals surface area contributed by atoms with Gasteiger partial charge in [-0.15, -0.1) is 0 Å². The number of ether oxygens (including phenoxy) is 2. The molecule has 9 rings (SSSR count). The second-order valence-electron chi connectivity index (χ2n) is 18.4. The molecule has 4 bridgehead atoms. The smallest absolute Gasteiger partial charge is 0.407 e. The van der Waals surface area contributed by atoms with Gasteiger partial charge in [0.05, 0.1) is 49.5 Å². The number of fused-ring (bicyclic) bond motifs is 6. The van der Waals surface area contributed by atoms with Crippen LogP contribution in [0.15, 0.2) is 60.8 Å². The van der Waals surface area contributed by atoms with Crippen LogP contribution in [0.3, 0.4) is 0 Å². The van der Waals surface area contributed by atoms with Crippen LogP contribution in [0.2, 0.25) is 0 Å². The highest BCUT2D eigenvalue weighted by molar-refractivity contribution is 5.92. The molecule has 2 saturated heterocycles. The van der Waals surface area contributed by atoms with Crippen molar-refractivity contribution in [2.75, 3.05) is 27.3 Å². The van der Waals surface area contributed by atoms with Gasteiger partial charge in [0.25, 0.3) is 0 Å². The molecule has 3 aromatic carbocycles. The number of rotatable bonds is 11. The maximum atomic E-state index is 14.1. The highest BCUT2D eigenvalue weighted by Crippen LogP contribution is 2.54. The van der Waals surface area contributed by atoms with E-state index in [1.165, 1.54) is 14.2 Å². The van der Waals surface area contributed by atoms with E-state index in [1.54, 1.807) is 0 Å². The zero-order valence-corrected chi connectivity index (χ0v) is 35.3. The first kappa shape index (κ1) is 39.7. The number of alkyl carbamates (subject to hydrolysis) is 1. The SMILES string of the molecule is COC(=O)C[C@H](C(=O)N1CC2CCC1(c1nc3ccc(-c4ccc5cc(-c6cnc(C78CCC(CN7C(=O)[C@@H](NC(=O)OC)C(C)C)C8)[nH]6)ccc5c4)cc3[nH]1)C2)C(C)C. The van der Waals surface area contributed by atoms with Crippen LogP contribution in [0.4, 0.5) is 4.79 Å². The van der Waals surface area contributed by atoms with Crippen LogP contribution in [0.5, 0.6) is 0 Å². The molecule has 13 nitrogen and oxygen atoms in total. The number of carbonyl (C=O) groups is 4. The third-order valence-corrected chi connectivity index (χ3v) is 14.2. The maximum absolute atomic E-state index is 14.1. The fourth-order valence-electron chi connectivity index (χ4n) is 10.9. The van der Waals surface area contributed by atoms with E-state index in [9.17, 15) is 19.2 Å². The Hall–Kier alpha value is -5.72. The number of methoxy groups -OCH3 is 2. The number of amides is 3. The van der Waals surface area contributed by atoms with Crippen molar-refractivity contribution >= 4 is 45.7 Å². The van der Waals surface area contributed by atoms with Gasteiger partial charge in [-0.2, -0.15) is 0 Å². The van der Waals surface area contributed by atoms with Crippen LogP contribution in [0.1, 0.15) is 84.3 Å². The van der Waals surface area contributed by atoms with Gasteiger partial charge in [-0.1, -0.05) is 58.0 Å². The van der Waals surface area contributed by atoms with Crippen molar-refractivity contribution in [2.45, 2.75) is 89.8 Å². The van der Waals surface area contributed by atoms with E-state index in [0.717, 1.165) is 94.4 Å². The molecule has 0 radical (unpaired) electrons. The van der Waals surface area contributed by atoms with E-state index < -0.39 is 29.1 Å². The summed E-state index contributed by atoms with van der Waals surface area (Å²) in [6, 6.07) is 18.5. The van der Waals surface area contributed by atoms with Gasteiger partial charge in [0.15, 0.2) is 0 Å². The molecule has 2 aliphatic heterocycles. The summed E-state index contributed by atoms with van der Waals surface area (Å²) in [5, 5.41) is 4.96. The molecule has 6 atom stereocenters. The number of nitrogens with zero attached hydrogens (tertiary/aromatic N) is 4. The first-order valence-corrected chi connectivity index (χ1v) is 21.5. The average molecular weight is 814 g/mol. The molecule has 3 N–H and O–H groups in total. The number of aromatic nitrogens is 4. The van der Waals surface area contributed by atoms with Crippen LogP contribution in [-0.2, 0) is 34.9 Å². The first-order valence-electron chi connectivity index (χ1n) is 21.5. The van der Waals surface area contributed by atoms with Crippen molar-refractivity contribution in [2.24, 2.45) is 29.6 Å². The first-order chi connectivity index (χ1) is 28.8. The quantitative estimate of drug-likeness (QED) is 0.115. The molecular formula is C47H55N7O6. The minimum Gasteiger partial charge on any atom is -0.469 e. The topological polar surface area (TPSA) is 163 Å². The van der Waals surface area contributed by atoms with Crippen LogP contribution >= 0.6 is 0 Å². The number of H-pyrrole nitrogens is 2. The summed E-state index contributed by atoms with van der Waals surface area (Å²) in [5.74, 6) is 1.43. The van der Waals surface area contributed by atoms with Crippen molar-refractivity contribution in [3.8, 4) is 22.4 Å². The third-order valence-electron chi connectivity index (χ3n) is 14.2. The molecule has 4 heterocycles. The third kappa shape index (κ3) is 6.60. The standard InChI is InChI=1S/C47H55N7O6/c1-26(2)35(20-39(55)59-5)41(56)53-24-29-14-16-47(53,22-29)44-49-36-12-11-33(19-37(36)50-44)31-7-8-32-18-34(10-9-30(32)17-31)38-23-48-43(51-38)46-15-13-28(21-46)25-54(46)42(57)40(27(3)4)52-45(58)60-6/h7-12,17-19,23,26-29,35,40H,13-16,20-22,24-25H2,1-6H3,(H,48,51)(H,49,50)(H,52,58)/t28?,29?,35-,40-,46?,47?/m0/s1. The molecule has 4 fully saturated rings. The number of aromatic amines is 2. The van der Waals surface area contributed by atoms with Gasteiger partial charge in [-0.25, -0.2) is 14.8 Å². The fourth-order valence-corrected chi connectivity index (χ4v) is 10.9. The summed E-state index contributed by atoms with van der Waals surface area (Å²) in [4.78, 5) is 73.7.